The van der Waals surface area contributed by atoms with E-state index in [0.717, 1.165) is 18.5 Å². The molecule has 0 bridgehead atoms. The summed E-state index contributed by atoms with van der Waals surface area (Å²) in [6, 6.07) is 3.15. The van der Waals surface area contributed by atoms with E-state index < -0.39 is 6.04 Å². The summed E-state index contributed by atoms with van der Waals surface area (Å²) < 4.78 is 12.4. The van der Waals surface area contributed by atoms with Gasteiger partial charge in [-0.3, -0.25) is 0 Å². The minimum Gasteiger partial charge on any atom is -0.467 e. The molecular formula is C15H18N4O3. The topological polar surface area (TPSA) is 82.2 Å². The second kappa shape index (κ2) is 6.05. The number of fused-ring (bicyclic) bond motifs is 1. The second-order valence-corrected chi connectivity index (χ2v) is 4.93. The van der Waals surface area contributed by atoms with Crippen LogP contribution in [-0.4, -0.2) is 27.3 Å². The third-order valence-electron chi connectivity index (χ3n) is 3.49. The van der Waals surface area contributed by atoms with E-state index in [2.05, 4.69) is 22.3 Å². The van der Waals surface area contributed by atoms with Crippen molar-refractivity contribution in [3.63, 3.8) is 0 Å². The maximum absolute atomic E-state index is 12.5. The van der Waals surface area contributed by atoms with Gasteiger partial charge in [-0.1, -0.05) is 13.3 Å². The standard InChI is InChI=1S/C15H18N4O3/c1-3-6-10-12(14(20)21-4-2)13(11-7-5-8-22-11)19-15(18-10)16-9-17-19/h5,7-9,13H,3-4,6H2,1-2H3,(H,16,17,18)/t13-/m1/s1. The lowest BCUT2D eigenvalue weighted by atomic mass is 9.98. The van der Waals surface area contributed by atoms with Gasteiger partial charge in [-0.05, 0) is 25.5 Å². The Labute approximate surface area is 128 Å². The van der Waals surface area contributed by atoms with Gasteiger partial charge in [0.25, 0.3) is 0 Å². The summed E-state index contributed by atoms with van der Waals surface area (Å²) in [6.45, 7) is 4.16. The zero-order chi connectivity index (χ0) is 15.5. The molecule has 0 amide bonds. The van der Waals surface area contributed by atoms with Crippen molar-refractivity contribution in [1.29, 1.82) is 0 Å². The molecule has 0 saturated heterocycles. The van der Waals surface area contributed by atoms with E-state index >= 15 is 0 Å². The predicted octanol–water partition coefficient (Wildman–Crippen LogP) is 2.50. The highest BCUT2D eigenvalue weighted by Crippen LogP contribution is 2.36. The summed E-state index contributed by atoms with van der Waals surface area (Å²) >= 11 is 0. The Hall–Kier alpha value is -2.57. The normalized spacial score (nSPS) is 17.1. The number of nitrogens with zero attached hydrogens (tertiary/aromatic N) is 3. The van der Waals surface area contributed by atoms with Gasteiger partial charge in [0.1, 0.15) is 18.1 Å². The van der Waals surface area contributed by atoms with Crippen molar-refractivity contribution in [1.82, 2.24) is 14.8 Å². The van der Waals surface area contributed by atoms with Crippen LogP contribution in [0.3, 0.4) is 0 Å². The van der Waals surface area contributed by atoms with Crippen molar-refractivity contribution < 1.29 is 13.9 Å². The Balaban J connectivity index is 2.13. The number of furan rings is 1. The molecule has 22 heavy (non-hydrogen) atoms. The largest absolute Gasteiger partial charge is 0.467 e. The van der Waals surface area contributed by atoms with Crippen LogP contribution in [0, 0.1) is 0 Å². The van der Waals surface area contributed by atoms with Crippen LogP contribution in [-0.2, 0) is 9.53 Å². The number of aromatic nitrogens is 3. The number of carbonyl (C=O) groups excluding carboxylic acids is 1. The summed E-state index contributed by atoms with van der Waals surface area (Å²) in [7, 11) is 0. The van der Waals surface area contributed by atoms with Gasteiger partial charge in [0.15, 0.2) is 0 Å². The monoisotopic (exact) mass is 302 g/mol. The summed E-state index contributed by atoms with van der Waals surface area (Å²) in [6.07, 6.45) is 4.65. The van der Waals surface area contributed by atoms with E-state index in [-0.39, 0.29) is 5.97 Å². The molecule has 0 radical (unpaired) electrons. The quantitative estimate of drug-likeness (QED) is 0.855. The highest BCUT2D eigenvalue weighted by atomic mass is 16.5. The molecule has 7 heteroatoms. The smallest absolute Gasteiger partial charge is 0.338 e. The predicted molar refractivity (Wildman–Crippen MR) is 79.1 cm³/mol. The molecule has 2 aromatic heterocycles. The summed E-state index contributed by atoms with van der Waals surface area (Å²) in [5.74, 6) is 0.865. The third-order valence-corrected chi connectivity index (χ3v) is 3.49. The number of esters is 1. The molecule has 1 atom stereocenters. The van der Waals surface area contributed by atoms with Gasteiger partial charge in [-0.25, -0.2) is 9.48 Å². The van der Waals surface area contributed by atoms with Crippen molar-refractivity contribution in [2.45, 2.75) is 32.7 Å². The number of allylic oxidation sites excluding steroid dienone is 1. The van der Waals surface area contributed by atoms with E-state index in [1.54, 1.807) is 23.9 Å². The molecule has 1 aliphatic heterocycles. The van der Waals surface area contributed by atoms with Gasteiger partial charge < -0.3 is 14.5 Å². The molecule has 3 heterocycles. The van der Waals surface area contributed by atoms with E-state index in [9.17, 15) is 4.79 Å². The molecule has 3 rings (SSSR count). The summed E-state index contributed by atoms with van der Waals surface area (Å²) in [5.41, 5.74) is 1.33. The van der Waals surface area contributed by atoms with Crippen molar-refractivity contribution >= 4 is 11.9 Å². The Morgan fingerprint density at radius 2 is 2.36 bits per heavy atom. The first kappa shape index (κ1) is 14.4. The Morgan fingerprint density at radius 3 is 3.05 bits per heavy atom. The fourth-order valence-corrected chi connectivity index (χ4v) is 2.62. The lowest BCUT2D eigenvalue weighted by Crippen LogP contribution is -2.30. The van der Waals surface area contributed by atoms with Crippen LogP contribution in [0.4, 0.5) is 5.95 Å². The van der Waals surface area contributed by atoms with E-state index in [4.69, 9.17) is 9.15 Å². The number of anilines is 1. The first-order chi connectivity index (χ1) is 10.8. The molecule has 0 fully saturated rings. The summed E-state index contributed by atoms with van der Waals surface area (Å²) in [4.78, 5) is 16.7. The van der Waals surface area contributed by atoms with Gasteiger partial charge in [-0.2, -0.15) is 10.1 Å². The van der Waals surface area contributed by atoms with Gasteiger partial charge in [0.05, 0.1) is 18.4 Å². The number of hydrogen-bond acceptors (Lipinski definition) is 6. The molecule has 1 N–H and O–H groups in total. The van der Waals surface area contributed by atoms with E-state index in [1.165, 1.54) is 6.33 Å². The average molecular weight is 302 g/mol. The number of nitrogens with one attached hydrogen (secondary N) is 1. The first-order valence-electron chi connectivity index (χ1n) is 7.36. The molecule has 0 aliphatic carbocycles. The van der Waals surface area contributed by atoms with Gasteiger partial charge in [0, 0.05) is 5.70 Å². The van der Waals surface area contributed by atoms with Crippen molar-refractivity contribution in [2.24, 2.45) is 0 Å². The van der Waals surface area contributed by atoms with Gasteiger partial charge in [-0.15, -0.1) is 0 Å². The fraction of sp³-hybridized carbons (Fsp3) is 0.400. The maximum atomic E-state index is 12.5. The average Bonchev–Trinajstić information content (AvgIpc) is 3.17. The van der Waals surface area contributed by atoms with Crippen LogP contribution < -0.4 is 5.32 Å². The van der Waals surface area contributed by atoms with Crippen LogP contribution in [0.25, 0.3) is 0 Å². The fourth-order valence-electron chi connectivity index (χ4n) is 2.62. The Bertz CT molecular complexity index is 687. The minimum absolute atomic E-state index is 0.316. The summed E-state index contributed by atoms with van der Waals surface area (Å²) in [5, 5.41) is 7.41. The van der Waals surface area contributed by atoms with E-state index in [0.29, 0.717) is 23.9 Å². The molecule has 2 aromatic rings. The lowest BCUT2D eigenvalue weighted by molar-refractivity contribution is -0.139. The van der Waals surface area contributed by atoms with Crippen molar-refractivity contribution in [3.8, 4) is 0 Å². The molecule has 0 aromatic carbocycles. The molecule has 116 valence electrons. The first-order valence-corrected chi connectivity index (χ1v) is 7.36. The van der Waals surface area contributed by atoms with Crippen LogP contribution in [0.5, 0.6) is 0 Å². The molecular weight excluding hydrogens is 284 g/mol. The van der Waals surface area contributed by atoms with Crippen LogP contribution in [0.15, 0.2) is 40.4 Å². The van der Waals surface area contributed by atoms with Crippen LogP contribution in [0.1, 0.15) is 38.5 Å². The van der Waals surface area contributed by atoms with Gasteiger partial charge in [0.2, 0.25) is 5.95 Å². The molecule has 7 nitrogen and oxygen atoms in total. The van der Waals surface area contributed by atoms with E-state index in [1.807, 2.05) is 6.07 Å². The highest BCUT2D eigenvalue weighted by molar-refractivity contribution is 5.92. The maximum Gasteiger partial charge on any atom is 0.338 e. The number of rotatable bonds is 5. The number of carbonyl (C=O) groups is 1. The van der Waals surface area contributed by atoms with Crippen LogP contribution in [0.2, 0.25) is 0 Å². The third kappa shape index (κ3) is 2.38. The second-order valence-electron chi connectivity index (χ2n) is 4.93. The number of ether oxygens (including phenoxy) is 1. The molecule has 1 aliphatic rings. The lowest BCUT2D eigenvalue weighted by Gasteiger charge is -2.27. The molecule has 0 unspecified atom stereocenters. The van der Waals surface area contributed by atoms with Gasteiger partial charge >= 0.3 is 5.97 Å². The zero-order valence-corrected chi connectivity index (χ0v) is 12.6. The SMILES string of the molecule is CCCC1=C(C(=O)OCC)[C@@H](c2ccco2)n2ncnc2N1. The number of hydrogen-bond donors (Lipinski definition) is 1. The Kier molecular flexibility index (Phi) is 3.95. The molecule has 0 spiro atoms. The van der Waals surface area contributed by atoms with Crippen molar-refractivity contribution in [2.75, 3.05) is 11.9 Å². The van der Waals surface area contributed by atoms with Crippen LogP contribution >= 0.6 is 0 Å². The van der Waals surface area contributed by atoms with Crippen molar-refractivity contribution in [3.05, 3.63) is 41.8 Å². The minimum atomic E-state index is -0.464. The molecule has 0 saturated carbocycles. The zero-order valence-electron chi connectivity index (χ0n) is 12.6. The Morgan fingerprint density at radius 1 is 1.50 bits per heavy atom. The highest BCUT2D eigenvalue weighted by Gasteiger charge is 2.36.